The maximum atomic E-state index is 12.6. The highest BCUT2D eigenvalue weighted by molar-refractivity contribution is 8.00. The summed E-state index contributed by atoms with van der Waals surface area (Å²) in [6, 6.07) is 23.1. The van der Waals surface area contributed by atoms with E-state index in [0.29, 0.717) is 12.4 Å². The molecule has 0 saturated heterocycles. The molecule has 2 aromatic carbocycles. The summed E-state index contributed by atoms with van der Waals surface area (Å²) >= 11 is 1.50. The molecule has 0 spiro atoms. The maximum absolute atomic E-state index is 12.6. The molecule has 0 aliphatic rings. The first kappa shape index (κ1) is 19.0. The summed E-state index contributed by atoms with van der Waals surface area (Å²) in [6.07, 6.45) is 1.74. The highest BCUT2D eigenvalue weighted by Crippen LogP contribution is 2.23. The van der Waals surface area contributed by atoms with Crippen LogP contribution in [0.15, 0.2) is 83.9 Å². The second kappa shape index (κ2) is 9.78. The van der Waals surface area contributed by atoms with Gasteiger partial charge in [0.1, 0.15) is 5.75 Å². The molecule has 5 heteroatoms. The maximum Gasteiger partial charge on any atom is 0.231 e. The van der Waals surface area contributed by atoms with Crippen LogP contribution in [0.3, 0.4) is 0 Å². The highest BCUT2D eigenvalue weighted by atomic mass is 32.2. The lowest BCUT2D eigenvalue weighted by Gasteiger charge is -2.18. The number of rotatable bonds is 8. The minimum absolute atomic E-state index is 0.0339. The van der Waals surface area contributed by atoms with Crippen LogP contribution in [0.25, 0.3) is 0 Å². The smallest absolute Gasteiger partial charge is 0.231 e. The zero-order valence-corrected chi connectivity index (χ0v) is 16.0. The lowest BCUT2D eigenvalue weighted by Crippen LogP contribution is -2.31. The van der Waals surface area contributed by atoms with Crippen LogP contribution in [0.1, 0.15) is 24.2 Å². The molecular weight excluding hydrogens is 356 g/mol. The van der Waals surface area contributed by atoms with Gasteiger partial charge in [0.15, 0.2) is 0 Å². The minimum atomic E-state index is -0.263. The molecule has 1 unspecified atom stereocenters. The summed E-state index contributed by atoms with van der Waals surface area (Å²) in [7, 11) is 0. The number of amides is 1. The van der Waals surface area contributed by atoms with Crippen LogP contribution >= 0.6 is 11.8 Å². The molecule has 3 rings (SSSR count). The Morgan fingerprint density at radius 3 is 2.44 bits per heavy atom. The van der Waals surface area contributed by atoms with Gasteiger partial charge in [0.2, 0.25) is 5.91 Å². The van der Waals surface area contributed by atoms with Gasteiger partial charge in [-0.2, -0.15) is 0 Å². The number of ether oxygens (including phenoxy) is 1. The Hall–Kier alpha value is -2.79. The fourth-order valence-electron chi connectivity index (χ4n) is 2.67. The molecule has 0 bridgehead atoms. The van der Waals surface area contributed by atoms with Crippen molar-refractivity contribution in [1.29, 1.82) is 0 Å². The van der Waals surface area contributed by atoms with Crippen molar-refractivity contribution in [3.8, 4) is 5.75 Å². The molecule has 1 aromatic heterocycles. The summed E-state index contributed by atoms with van der Waals surface area (Å²) in [5, 5.41) is 3.10. The molecule has 0 aliphatic heterocycles. The van der Waals surface area contributed by atoms with E-state index in [-0.39, 0.29) is 11.9 Å². The summed E-state index contributed by atoms with van der Waals surface area (Å²) in [6.45, 7) is 2.60. The third-order valence-electron chi connectivity index (χ3n) is 3.93. The quantitative estimate of drug-likeness (QED) is 0.587. The predicted molar refractivity (Wildman–Crippen MR) is 109 cm³/mol. The first-order valence-corrected chi connectivity index (χ1v) is 9.85. The van der Waals surface area contributed by atoms with Crippen molar-refractivity contribution >= 4 is 17.7 Å². The monoisotopic (exact) mass is 378 g/mol. The number of thioether (sulfide) groups is 1. The lowest BCUT2D eigenvalue weighted by atomic mass is 10.0. The van der Waals surface area contributed by atoms with Gasteiger partial charge in [-0.3, -0.25) is 9.78 Å². The van der Waals surface area contributed by atoms with Gasteiger partial charge >= 0.3 is 0 Å². The van der Waals surface area contributed by atoms with Gasteiger partial charge in [-0.25, -0.2) is 0 Å². The van der Waals surface area contributed by atoms with E-state index < -0.39 is 0 Å². The minimum Gasteiger partial charge on any atom is -0.494 e. The molecule has 0 saturated carbocycles. The molecular formula is C22H22N2O2S. The van der Waals surface area contributed by atoms with E-state index in [1.54, 1.807) is 6.20 Å². The van der Waals surface area contributed by atoms with Crippen molar-refractivity contribution in [3.05, 3.63) is 90.3 Å². The first-order chi connectivity index (χ1) is 13.3. The molecule has 1 heterocycles. The molecule has 1 atom stereocenters. The molecule has 1 N–H and O–H groups in total. The zero-order valence-electron chi connectivity index (χ0n) is 15.2. The number of nitrogens with zero attached hydrogens (tertiary/aromatic N) is 1. The first-order valence-electron chi connectivity index (χ1n) is 8.87. The summed E-state index contributed by atoms with van der Waals surface area (Å²) in [5.74, 6) is 1.14. The normalized spacial score (nSPS) is 11.6. The van der Waals surface area contributed by atoms with Crippen molar-refractivity contribution in [2.45, 2.75) is 17.9 Å². The number of nitrogens with one attached hydrogen (secondary N) is 1. The molecule has 4 nitrogen and oxygen atoms in total. The Morgan fingerprint density at radius 2 is 1.78 bits per heavy atom. The predicted octanol–water partition coefficient (Wildman–Crippen LogP) is 4.48. The third-order valence-corrected chi connectivity index (χ3v) is 4.94. The highest BCUT2D eigenvalue weighted by Gasteiger charge is 2.17. The molecule has 0 fully saturated rings. The average molecular weight is 378 g/mol. The Bertz CT molecular complexity index is 800. The van der Waals surface area contributed by atoms with Gasteiger partial charge in [-0.15, -0.1) is 11.8 Å². The van der Waals surface area contributed by atoms with Crippen molar-refractivity contribution in [1.82, 2.24) is 10.3 Å². The van der Waals surface area contributed by atoms with Crippen LogP contribution in [-0.4, -0.2) is 23.3 Å². The second-order valence-corrected chi connectivity index (χ2v) is 6.91. The number of benzene rings is 2. The van der Waals surface area contributed by atoms with Crippen LogP contribution in [0, 0.1) is 0 Å². The van der Waals surface area contributed by atoms with Gasteiger partial charge in [0.05, 0.1) is 24.1 Å². The number of carbonyl (C=O) groups excluding carboxylic acids is 1. The largest absolute Gasteiger partial charge is 0.494 e. The third kappa shape index (κ3) is 5.59. The number of carbonyl (C=O) groups is 1. The second-order valence-electron chi connectivity index (χ2n) is 5.86. The number of hydrogen-bond donors (Lipinski definition) is 1. The fraction of sp³-hybridized carbons (Fsp3) is 0.182. The SMILES string of the molecule is CCOc1ccc(SCC(=O)NC(c2ccccc2)c2ccccn2)cc1. The fourth-order valence-corrected chi connectivity index (χ4v) is 3.38. The zero-order chi connectivity index (χ0) is 18.9. The summed E-state index contributed by atoms with van der Waals surface area (Å²) < 4.78 is 5.44. The Labute approximate surface area is 164 Å². The molecule has 0 radical (unpaired) electrons. The van der Waals surface area contributed by atoms with Crippen LogP contribution in [-0.2, 0) is 4.79 Å². The van der Waals surface area contributed by atoms with E-state index in [4.69, 9.17) is 4.74 Å². The standard InChI is InChI=1S/C22H22N2O2S/c1-2-26-18-11-13-19(14-12-18)27-16-21(25)24-22(17-8-4-3-5-9-17)20-10-6-7-15-23-20/h3-15,22H,2,16H2,1H3,(H,24,25). The van der Waals surface area contributed by atoms with Crippen molar-refractivity contribution < 1.29 is 9.53 Å². The summed E-state index contributed by atoms with van der Waals surface area (Å²) in [5.41, 5.74) is 1.83. The van der Waals surface area contributed by atoms with Crippen LogP contribution in [0.2, 0.25) is 0 Å². The van der Waals surface area contributed by atoms with Gasteiger partial charge in [-0.05, 0) is 48.9 Å². The Morgan fingerprint density at radius 1 is 1.04 bits per heavy atom. The lowest BCUT2D eigenvalue weighted by molar-refractivity contribution is -0.119. The van der Waals surface area contributed by atoms with E-state index in [0.717, 1.165) is 21.9 Å². The number of aromatic nitrogens is 1. The Kier molecular flexibility index (Phi) is 6.88. The number of pyridine rings is 1. The van der Waals surface area contributed by atoms with Crippen molar-refractivity contribution in [3.63, 3.8) is 0 Å². The molecule has 0 aliphatic carbocycles. The van der Waals surface area contributed by atoms with Crippen LogP contribution in [0.5, 0.6) is 5.75 Å². The molecule has 138 valence electrons. The Balaban J connectivity index is 1.64. The topological polar surface area (TPSA) is 51.2 Å². The molecule has 1 amide bonds. The van der Waals surface area contributed by atoms with Gasteiger partial charge in [0, 0.05) is 11.1 Å². The van der Waals surface area contributed by atoms with E-state index in [9.17, 15) is 4.79 Å². The van der Waals surface area contributed by atoms with Crippen LogP contribution in [0.4, 0.5) is 0 Å². The summed E-state index contributed by atoms with van der Waals surface area (Å²) in [4.78, 5) is 18.0. The number of hydrogen-bond acceptors (Lipinski definition) is 4. The van der Waals surface area contributed by atoms with Crippen molar-refractivity contribution in [2.24, 2.45) is 0 Å². The van der Waals surface area contributed by atoms with Crippen LogP contribution < -0.4 is 10.1 Å². The van der Waals surface area contributed by atoms with E-state index in [1.807, 2.05) is 79.7 Å². The molecule has 3 aromatic rings. The van der Waals surface area contributed by atoms with Gasteiger partial charge < -0.3 is 10.1 Å². The van der Waals surface area contributed by atoms with Gasteiger partial charge in [0.25, 0.3) is 0 Å². The van der Waals surface area contributed by atoms with E-state index in [1.165, 1.54) is 11.8 Å². The average Bonchev–Trinajstić information content (AvgIpc) is 2.73. The van der Waals surface area contributed by atoms with Gasteiger partial charge in [-0.1, -0.05) is 36.4 Å². The van der Waals surface area contributed by atoms with Crippen molar-refractivity contribution in [2.75, 3.05) is 12.4 Å². The van der Waals surface area contributed by atoms with E-state index >= 15 is 0 Å². The molecule has 27 heavy (non-hydrogen) atoms. The van der Waals surface area contributed by atoms with E-state index in [2.05, 4.69) is 10.3 Å².